The summed E-state index contributed by atoms with van der Waals surface area (Å²) >= 11 is 6.89. The monoisotopic (exact) mass is 372 g/mol. The van der Waals surface area contributed by atoms with Crippen molar-refractivity contribution in [3.8, 4) is 11.5 Å². The number of nitro groups is 1. The third-order valence-electron chi connectivity index (χ3n) is 2.87. The van der Waals surface area contributed by atoms with Crippen LogP contribution in [-0.4, -0.2) is 29.6 Å². The number of halogens is 1. The van der Waals surface area contributed by atoms with Crippen LogP contribution in [0.1, 0.15) is 23.0 Å². The first-order chi connectivity index (χ1) is 11.5. The molecule has 0 saturated heterocycles. The van der Waals surface area contributed by atoms with E-state index in [1.807, 2.05) is 0 Å². The molecule has 24 heavy (non-hydrogen) atoms. The van der Waals surface area contributed by atoms with Gasteiger partial charge in [-0.05, 0) is 6.92 Å². The summed E-state index contributed by atoms with van der Waals surface area (Å²) in [7, 11) is 1.37. The van der Waals surface area contributed by atoms with Crippen LogP contribution in [0.4, 0.5) is 5.69 Å². The molecule has 128 valence electrons. The number of rotatable bonds is 7. The van der Waals surface area contributed by atoms with Crippen LogP contribution >= 0.6 is 22.9 Å². The number of nitrogens with zero attached hydrogens (tertiary/aromatic N) is 2. The number of methoxy groups -OCH3 is 1. The van der Waals surface area contributed by atoms with Crippen molar-refractivity contribution in [2.24, 2.45) is 0 Å². The number of hydrogen-bond donors (Lipinski definition) is 0. The molecule has 0 aliphatic carbocycles. The van der Waals surface area contributed by atoms with Crippen molar-refractivity contribution in [1.29, 1.82) is 0 Å². The quantitative estimate of drug-likeness (QED) is 0.416. The minimum Gasteiger partial charge on any atom is -0.493 e. The highest BCUT2D eigenvalue weighted by Gasteiger charge is 2.26. The van der Waals surface area contributed by atoms with Crippen molar-refractivity contribution in [3.63, 3.8) is 0 Å². The van der Waals surface area contributed by atoms with Crippen LogP contribution in [0.3, 0.4) is 0 Å². The van der Waals surface area contributed by atoms with Crippen molar-refractivity contribution in [3.05, 3.63) is 43.4 Å². The lowest BCUT2D eigenvalue weighted by Gasteiger charge is -2.11. The largest absolute Gasteiger partial charge is 0.493 e. The molecule has 1 heterocycles. The molecule has 0 radical (unpaired) electrons. The number of thiazole rings is 1. The molecule has 2 rings (SSSR count). The average molecular weight is 373 g/mol. The minimum atomic E-state index is -0.868. The number of carbonyl (C=O) groups excluding carboxylic acids is 1. The van der Waals surface area contributed by atoms with Gasteiger partial charge in [0.2, 0.25) is 0 Å². The molecule has 1 aromatic heterocycles. The maximum absolute atomic E-state index is 12.2. The van der Waals surface area contributed by atoms with Gasteiger partial charge >= 0.3 is 5.97 Å². The first kappa shape index (κ1) is 18.0. The van der Waals surface area contributed by atoms with Crippen LogP contribution < -0.4 is 9.47 Å². The number of nitro benzene ring substituents is 1. The normalized spacial score (nSPS) is 10.3. The summed E-state index contributed by atoms with van der Waals surface area (Å²) in [4.78, 5) is 26.7. The van der Waals surface area contributed by atoms with Crippen LogP contribution in [0, 0.1) is 10.1 Å². The Hall–Kier alpha value is -2.39. The summed E-state index contributed by atoms with van der Waals surface area (Å²) in [5.41, 5.74) is -0.207. The highest BCUT2D eigenvalue weighted by Crippen LogP contribution is 2.35. The fraction of sp³-hybridized carbons (Fsp3) is 0.286. The van der Waals surface area contributed by atoms with E-state index in [0.29, 0.717) is 16.8 Å². The third kappa shape index (κ3) is 4.12. The highest BCUT2D eigenvalue weighted by molar-refractivity contribution is 7.13. The maximum Gasteiger partial charge on any atom is 0.345 e. The zero-order chi connectivity index (χ0) is 17.7. The van der Waals surface area contributed by atoms with E-state index in [-0.39, 0.29) is 23.7 Å². The molecule has 10 heteroatoms. The molecule has 0 atom stereocenters. The molecular weight excluding hydrogens is 360 g/mol. The Balaban J connectivity index is 2.29. The predicted octanol–water partition coefficient (Wildman–Crippen LogP) is 3.47. The van der Waals surface area contributed by atoms with E-state index in [1.165, 1.54) is 24.5 Å². The SMILES string of the molecule is CCOc1cc([N+](=O)[O-])c(C(=O)OCc2csc(Cl)n2)cc1OC. The van der Waals surface area contributed by atoms with Crippen molar-refractivity contribution < 1.29 is 23.9 Å². The smallest absolute Gasteiger partial charge is 0.345 e. The average Bonchev–Trinajstić information content (AvgIpc) is 2.97. The summed E-state index contributed by atoms with van der Waals surface area (Å²) in [5, 5.41) is 12.9. The topological polar surface area (TPSA) is 101 Å². The molecule has 0 amide bonds. The van der Waals surface area contributed by atoms with E-state index < -0.39 is 16.6 Å². The van der Waals surface area contributed by atoms with Crippen molar-refractivity contribution >= 4 is 34.6 Å². The van der Waals surface area contributed by atoms with Gasteiger partial charge in [-0.1, -0.05) is 11.6 Å². The van der Waals surface area contributed by atoms with Crippen molar-refractivity contribution in [2.45, 2.75) is 13.5 Å². The lowest BCUT2D eigenvalue weighted by molar-refractivity contribution is -0.385. The Morgan fingerprint density at radius 2 is 2.17 bits per heavy atom. The summed E-state index contributed by atoms with van der Waals surface area (Å²) in [5.74, 6) is -0.493. The number of esters is 1. The van der Waals surface area contributed by atoms with Gasteiger partial charge < -0.3 is 14.2 Å². The fourth-order valence-electron chi connectivity index (χ4n) is 1.86. The fourth-order valence-corrected chi connectivity index (χ4v) is 2.62. The molecule has 0 spiro atoms. The van der Waals surface area contributed by atoms with Gasteiger partial charge in [-0.25, -0.2) is 9.78 Å². The van der Waals surface area contributed by atoms with Gasteiger partial charge in [0.1, 0.15) is 12.2 Å². The Morgan fingerprint density at radius 1 is 1.42 bits per heavy atom. The van der Waals surface area contributed by atoms with Crippen molar-refractivity contribution in [2.75, 3.05) is 13.7 Å². The van der Waals surface area contributed by atoms with Crippen LogP contribution in [0.15, 0.2) is 17.5 Å². The molecule has 0 fully saturated rings. The molecule has 0 aliphatic rings. The van der Waals surface area contributed by atoms with E-state index >= 15 is 0 Å². The first-order valence-electron chi connectivity index (χ1n) is 6.72. The van der Waals surface area contributed by atoms with Gasteiger partial charge in [0.15, 0.2) is 16.0 Å². The first-order valence-corrected chi connectivity index (χ1v) is 7.98. The van der Waals surface area contributed by atoms with Gasteiger partial charge in [0.05, 0.1) is 30.4 Å². The number of ether oxygens (including phenoxy) is 3. The van der Waals surface area contributed by atoms with E-state index in [0.717, 1.165) is 6.07 Å². The number of benzene rings is 1. The van der Waals surface area contributed by atoms with Gasteiger partial charge in [0.25, 0.3) is 5.69 Å². The Bertz CT molecular complexity index is 764. The van der Waals surface area contributed by atoms with Crippen LogP contribution in [-0.2, 0) is 11.3 Å². The van der Waals surface area contributed by atoms with Crippen molar-refractivity contribution in [1.82, 2.24) is 4.98 Å². The zero-order valence-corrected chi connectivity index (χ0v) is 14.3. The van der Waals surface area contributed by atoms with E-state index in [4.69, 9.17) is 25.8 Å². The molecule has 0 saturated carbocycles. The second-order valence-corrected chi connectivity index (χ2v) is 5.82. The molecule has 0 bridgehead atoms. The number of aromatic nitrogens is 1. The van der Waals surface area contributed by atoms with Gasteiger partial charge in [0, 0.05) is 11.4 Å². The van der Waals surface area contributed by atoms with E-state index in [9.17, 15) is 14.9 Å². The summed E-state index contributed by atoms with van der Waals surface area (Å²) in [6, 6.07) is 2.36. The molecule has 0 aliphatic heterocycles. The van der Waals surface area contributed by atoms with Gasteiger partial charge in [-0.2, -0.15) is 0 Å². The summed E-state index contributed by atoms with van der Waals surface area (Å²) in [6.07, 6.45) is 0. The third-order valence-corrected chi connectivity index (χ3v) is 3.90. The molecular formula is C14H13ClN2O6S. The number of hydrogen-bond acceptors (Lipinski definition) is 8. The molecule has 8 nitrogen and oxygen atoms in total. The predicted molar refractivity (Wildman–Crippen MR) is 87.1 cm³/mol. The second kappa shape index (κ2) is 7.93. The summed E-state index contributed by atoms with van der Waals surface area (Å²) in [6.45, 7) is 1.88. The Morgan fingerprint density at radius 3 is 2.71 bits per heavy atom. The lowest BCUT2D eigenvalue weighted by Crippen LogP contribution is -2.10. The molecule has 0 unspecified atom stereocenters. The Kier molecular flexibility index (Phi) is 5.93. The molecule has 1 aromatic carbocycles. The maximum atomic E-state index is 12.2. The Labute approximate surface area is 146 Å². The number of carbonyl (C=O) groups is 1. The van der Waals surface area contributed by atoms with E-state index in [2.05, 4.69) is 4.98 Å². The van der Waals surface area contributed by atoms with E-state index in [1.54, 1.807) is 12.3 Å². The van der Waals surface area contributed by atoms with Gasteiger partial charge in [-0.3, -0.25) is 10.1 Å². The lowest BCUT2D eigenvalue weighted by atomic mass is 10.1. The van der Waals surface area contributed by atoms with Gasteiger partial charge in [-0.15, -0.1) is 11.3 Å². The minimum absolute atomic E-state index is 0.144. The van der Waals surface area contributed by atoms with Crippen LogP contribution in [0.25, 0.3) is 0 Å². The zero-order valence-electron chi connectivity index (χ0n) is 12.8. The molecule has 0 N–H and O–H groups in total. The standard InChI is InChI=1S/C14H13ClN2O6S/c1-3-22-12-5-10(17(19)20)9(4-11(12)21-2)13(18)23-6-8-7-24-14(15)16-8/h4-5,7H,3,6H2,1-2H3. The molecule has 2 aromatic rings. The van der Waals surface area contributed by atoms with Crippen LogP contribution in [0.2, 0.25) is 4.47 Å². The second-order valence-electron chi connectivity index (χ2n) is 4.38. The van der Waals surface area contributed by atoms with Crippen LogP contribution in [0.5, 0.6) is 11.5 Å². The highest BCUT2D eigenvalue weighted by atomic mass is 35.5. The summed E-state index contributed by atoms with van der Waals surface area (Å²) < 4.78 is 15.8.